The Morgan fingerprint density at radius 3 is 2.73 bits per heavy atom. The zero-order chi connectivity index (χ0) is 10.4. The van der Waals surface area contributed by atoms with Gasteiger partial charge in [-0.25, -0.2) is 0 Å². The Hall–Kier alpha value is -0.960. The molecule has 1 fully saturated rings. The van der Waals surface area contributed by atoms with Gasteiger partial charge in [-0.2, -0.15) is 0 Å². The van der Waals surface area contributed by atoms with Gasteiger partial charge in [-0.15, -0.1) is 0 Å². The number of hydrogen-bond donors (Lipinski definition) is 1. The molecular weight excluding hydrogens is 252 g/mol. The highest BCUT2D eigenvalue weighted by Gasteiger charge is 2.33. The van der Waals surface area contributed by atoms with Crippen molar-refractivity contribution in [1.82, 2.24) is 0 Å². The van der Waals surface area contributed by atoms with E-state index in [0.29, 0.717) is 6.04 Å². The number of fused-ring (bicyclic) bond motifs is 1. The van der Waals surface area contributed by atoms with Gasteiger partial charge >= 0.3 is 0 Å². The lowest BCUT2D eigenvalue weighted by Gasteiger charge is -2.31. The van der Waals surface area contributed by atoms with E-state index in [0.717, 1.165) is 16.7 Å². The molecule has 0 bridgehead atoms. The van der Waals surface area contributed by atoms with Crippen molar-refractivity contribution in [2.45, 2.75) is 18.9 Å². The highest BCUT2D eigenvalue weighted by Crippen LogP contribution is 2.41. The predicted octanol–water partition coefficient (Wildman–Crippen LogP) is 2.69. The van der Waals surface area contributed by atoms with E-state index >= 15 is 0 Å². The third-order valence-corrected chi connectivity index (χ3v) is 4.00. The summed E-state index contributed by atoms with van der Waals surface area (Å²) < 4.78 is 1.06. The lowest BCUT2D eigenvalue weighted by Crippen LogP contribution is -2.33. The van der Waals surface area contributed by atoms with Crippen molar-refractivity contribution < 1.29 is 0 Å². The molecule has 0 aromatic heterocycles. The zero-order valence-corrected chi connectivity index (χ0v) is 10.00. The first-order valence-electron chi connectivity index (χ1n) is 5.27. The Kier molecular flexibility index (Phi) is 2.02. The summed E-state index contributed by atoms with van der Waals surface area (Å²) in [5, 5.41) is 0. The van der Waals surface area contributed by atoms with E-state index in [1.165, 1.54) is 24.1 Å². The van der Waals surface area contributed by atoms with Crippen LogP contribution in [0.5, 0.6) is 0 Å². The SMILES string of the molecule is NC1=C(Br)c2ccccc2N(C2CC2)C1. The highest BCUT2D eigenvalue weighted by molar-refractivity contribution is 9.15. The second-order valence-electron chi connectivity index (χ2n) is 4.22. The molecule has 0 spiro atoms. The summed E-state index contributed by atoms with van der Waals surface area (Å²) in [5.41, 5.74) is 9.54. The molecule has 1 saturated carbocycles. The van der Waals surface area contributed by atoms with Crippen LogP contribution in [0.1, 0.15) is 18.4 Å². The van der Waals surface area contributed by atoms with Crippen LogP contribution in [0, 0.1) is 0 Å². The van der Waals surface area contributed by atoms with Crippen LogP contribution >= 0.6 is 15.9 Å². The van der Waals surface area contributed by atoms with Gasteiger partial charge in [-0.1, -0.05) is 18.2 Å². The minimum absolute atomic E-state index is 0.713. The van der Waals surface area contributed by atoms with E-state index in [2.05, 4.69) is 45.1 Å². The van der Waals surface area contributed by atoms with Gasteiger partial charge < -0.3 is 10.6 Å². The molecule has 15 heavy (non-hydrogen) atoms. The molecule has 0 amide bonds. The number of halogens is 1. The van der Waals surface area contributed by atoms with Gasteiger partial charge in [0.05, 0.1) is 6.54 Å². The van der Waals surface area contributed by atoms with Crippen LogP contribution in [0.3, 0.4) is 0 Å². The minimum Gasteiger partial charge on any atom is -0.400 e. The molecule has 0 radical (unpaired) electrons. The van der Waals surface area contributed by atoms with Crippen molar-refractivity contribution >= 4 is 26.1 Å². The maximum absolute atomic E-state index is 6.04. The van der Waals surface area contributed by atoms with Crippen molar-refractivity contribution in [2.75, 3.05) is 11.4 Å². The molecule has 0 unspecified atom stereocenters. The fourth-order valence-electron chi connectivity index (χ4n) is 2.13. The van der Waals surface area contributed by atoms with Gasteiger partial charge in [-0.3, -0.25) is 0 Å². The molecule has 2 N–H and O–H groups in total. The van der Waals surface area contributed by atoms with Gasteiger partial charge in [-0.05, 0) is 34.8 Å². The maximum atomic E-state index is 6.04. The van der Waals surface area contributed by atoms with Gasteiger partial charge in [0.2, 0.25) is 0 Å². The van der Waals surface area contributed by atoms with Crippen molar-refractivity contribution in [1.29, 1.82) is 0 Å². The van der Waals surface area contributed by atoms with E-state index in [4.69, 9.17) is 5.73 Å². The van der Waals surface area contributed by atoms with E-state index in [-0.39, 0.29) is 0 Å². The van der Waals surface area contributed by atoms with Crippen LogP contribution in [-0.4, -0.2) is 12.6 Å². The predicted molar refractivity (Wildman–Crippen MR) is 66.8 cm³/mol. The molecule has 3 heteroatoms. The number of nitrogens with two attached hydrogens (primary N) is 1. The molecule has 1 aliphatic heterocycles. The molecule has 0 atom stereocenters. The average molecular weight is 265 g/mol. The quantitative estimate of drug-likeness (QED) is 0.845. The molecule has 78 valence electrons. The molecule has 1 aromatic carbocycles. The van der Waals surface area contributed by atoms with Gasteiger partial charge in [0.15, 0.2) is 0 Å². The number of anilines is 1. The first-order valence-corrected chi connectivity index (χ1v) is 6.07. The molecule has 1 heterocycles. The molecule has 2 nitrogen and oxygen atoms in total. The Balaban J connectivity index is 2.12. The van der Waals surface area contributed by atoms with E-state index in [1.807, 2.05) is 0 Å². The number of rotatable bonds is 1. The lowest BCUT2D eigenvalue weighted by molar-refractivity contribution is 0.825. The summed E-state index contributed by atoms with van der Waals surface area (Å²) in [6, 6.07) is 9.17. The van der Waals surface area contributed by atoms with Crippen LogP contribution in [0.15, 0.2) is 30.0 Å². The highest BCUT2D eigenvalue weighted by atomic mass is 79.9. The number of hydrogen-bond acceptors (Lipinski definition) is 2. The maximum Gasteiger partial charge on any atom is 0.0589 e. The van der Waals surface area contributed by atoms with Crippen LogP contribution < -0.4 is 10.6 Å². The largest absolute Gasteiger partial charge is 0.400 e. The molecule has 0 saturated heterocycles. The van der Waals surface area contributed by atoms with Gasteiger partial charge in [0.1, 0.15) is 0 Å². The Bertz CT molecular complexity index is 435. The summed E-state index contributed by atoms with van der Waals surface area (Å²) in [7, 11) is 0. The van der Waals surface area contributed by atoms with Crippen LogP contribution in [0.2, 0.25) is 0 Å². The number of benzene rings is 1. The second kappa shape index (κ2) is 3.27. The minimum atomic E-state index is 0.713. The first kappa shape index (κ1) is 9.28. The smallest absolute Gasteiger partial charge is 0.0589 e. The van der Waals surface area contributed by atoms with E-state index in [1.54, 1.807) is 0 Å². The standard InChI is InChI=1S/C12H13BrN2/c13-12-9-3-1-2-4-11(9)15(7-10(12)14)8-5-6-8/h1-4,8H,5-7,14H2. The van der Waals surface area contributed by atoms with E-state index in [9.17, 15) is 0 Å². The third-order valence-electron chi connectivity index (χ3n) is 3.06. The molecule has 3 rings (SSSR count). The topological polar surface area (TPSA) is 29.3 Å². The summed E-state index contributed by atoms with van der Waals surface area (Å²) in [4.78, 5) is 2.43. The van der Waals surface area contributed by atoms with E-state index < -0.39 is 0 Å². The van der Waals surface area contributed by atoms with Crippen LogP contribution in [-0.2, 0) is 0 Å². The summed E-state index contributed by atoms with van der Waals surface area (Å²) >= 11 is 3.58. The van der Waals surface area contributed by atoms with Crippen molar-refractivity contribution in [3.8, 4) is 0 Å². The normalized spacial score (nSPS) is 20.5. The van der Waals surface area contributed by atoms with Crippen LogP contribution in [0.25, 0.3) is 4.48 Å². The molecular formula is C12H13BrN2. The van der Waals surface area contributed by atoms with Crippen molar-refractivity contribution in [3.63, 3.8) is 0 Å². The van der Waals surface area contributed by atoms with Crippen LogP contribution in [0.4, 0.5) is 5.69 Å². The van der Waals surface area contributed by atoms with Crippen molar-refractivity contribution in [2.24, 2.45) is 5.73 Å². The molecule has 2 aliphatic rings. The van der Waals surface area contributed by atoms with Gasteiger partial charge in [0, 0.05) is 27.5 Å². The third kappa shape index (κ3) is 1.46. The Labute approximate surface area is 97.9 Å². The van der Waals surface area contributed by atoms with Gasteiger partial charge in [0.25, 0.3) is 0 Å². The summed E-state index contributed by atoms with van der Waals surface area (Å²) in [6.07, 6.45) is 2.61. The zero-order valence-electron chi connectivity index (χ0n) is 8.41. The lowest BCUT2D eigenvalue weighted by atomic mass is 10.1. The first-order chi connectivity index (χ1) is 7.27. The Morgan fingerprint density at radius 2 is 2.00 bits per heavy atom. The number of para-hydroxylation sites is 1. The molecule has 1 aromatic rings. The Morgan fingerprint density at radius 1 is 1.27 bits per heavy atom. The fraction of sp³-hybridized carbons (Fsp3) is 0.333. The fourth-order valence-corrected chi connectivity index (χ4v) is 2.59. The second-order valence-corrected chi connectivity index (χ2v) is 5.01. The monoisotopic (exact) mass is 264 g/mol. The summed E-state index contributed by atoms with van der Waals surface area (Å²) in [6.45, 7) is 0.863. The summed E-state index contributed by atoms with van der Waals surface area (Å²) in [5.74, 6) is 0. The molecule has 1 aliphatic carbocycles. The number of nitrogens with zero attached hydrogens (tertiary/aromatic N) is 1. The average Bonchev–Trinajstić information content (AvgIpc) is 3.07. The van der Waals surface area contributed by atoms with Crippen molar-refractivity contribution in [3.05, 3.63) is 35.5 Å².